The number of nitrogens with one attached hydrogen (secondary N) is 4. The molecule has 8 aromatic rings. The highest BCUT2D eigenvalue weighted by molar-refractivity contribution is 7.99. The van der Waals surface area contributed by atoms with Gasteiger partial charge in [0.15, 0.2) is 0 Å². The third kappa shape index (κ3) is 14.9. The first kappa shape index (κ1) is 72.4. The highest BCUT2D eigenvalue weighted by Crippen LogP contribution is 2.37. The number of fused-ring (bicyclic) bond motifs is 8. The van der Waals surface area contributed by atoms with Crippen molar-refractivity contribution >= 4 is 69.3 Å². The van der Waals surface area contributed by atoms with E-state index in [1.165, 1.54) is 47.0 Å². The molecule has 20 atom stereocenters. The first-order valence-electron chi connectivity index (χ1n) is 32.7. The van der Waals surface area contributed by atoms with Gasteiger partial charge in [-0.05, 0) is 93.0 Å². The molecule has 24 nitrogen and oxygen atoms in total. The van der Waals surface area contributed by atoms with Crippen LogP contribution in [0, 0.1) is 0 Å². The van der Waals surface area contributed by atoms with Gasteiger partial charge in [0, 0.05) is 89.5 Å². The molecule has 532 valence electrons. The summed E-state index contributed by atoms with van der Waals surface area (Å²) in [4.78, 5) is 15.2. The van der Waals surface area contributed by atoms with Gasteiger partial charge in [0.05, 0.1) is 26.4 Å². The van der Waals surface area contributed by atoms with Crippen molar-refractivity contribution in [3.63, 3.8) is 0 Å². The van der Waals surface area contributed by atoms with Crippen molar-refractivity contribution < 1.29 is 101 Å². The lowest BCUT2D eigenvalue weighted by Gasteiger charge is -2.39. The third-order valence-electron chi connectivity index (χ3n) is 18.9. The van der Waals surface area contributed by atoms with Crippen molar-refractivity contribution in [2.24, 2.45) is 0 Å². The zero-order valence-electron chi connectivity index (χ0n) is 53.5. The molecule has 9 heterocycles. The van der Waals surface area contributed by atoms with E-state index in [9.17, 15) is 81.7 Å². The number of hydrogen-bond donors (Lipinski definition) is 20. The van der Waals surface area contributed by atoms with E-state index in [-0.39, 0.29) is 0 Å². The molecule has 0 amide bonds. The zero-order chi connectivity index (χ0) is 70.2. The van der Waals surface area contributed by atoms with E-state index >= 15 is 0 Å². The maximum Gasteiger partial charge on any atom is 0.132 e. The van der Waals surface area contributed by atoms with Crippen LogP contribution in [0.5, 0.6) is 0 Å². The van der Waals surface area contributed by atoms with Crippen molar-refractivity contribution in [3.8, 4) is 0 Å². The van der Waals surface area contributed by atoms with Gasteiger partial charge in [-0.2, -0.15) is 0 Å². The lowest BCUT2D eigenvalue weighted by molar-refractivity contribution is -0.205. The van der Waals surface area contributed by atoms with Crippen molar-refractivity contribution in [1.29, 1.82) is 0 Å². The topological polar surface area (TPSA) is 424 Å². The predicted molar refractivity (Wildman–Crippen MR) is 374 cm³/mol. The fourth-order valence-corrected chi connectivity index (χ4v) is 17.7. The Morgan fingerprint density at radius 1 is 0.240 bits per heavy atom. The minimum absolute atomic E-state index is 0.346. The van der Waals surface area contributed by atoms with E-state index in [1.807, 2.05) is 146 Å². The van der Waals surface area contributed by atoms with Crippen LogP contribution >= 0.6 is 47.0 Å². The van der Waals surface area contributed by atoms with Crippen LogP contribution in [0.15, 0.2) is 146 Å². The minimum atomic E-state index is -1.51. The fraction of sp³-hybridized carbons (Fsp3) is 0.389. The molecule has 0 radical (unpaired) electrons. The van der Waals surface area contributed by atoms with Crippen LogP contribution in [0.4, 0.5) is 0 Å². The van der Waals surface area contributed by atoms with Crippen LogP contribution < -0.4 is 21.4 Å². The Hall–Kier alpha value is -5.92. The summed E-state index contributed by atoms with van der Waals surface area (Å²) in [6.45, 7) is -2.18. The lowest BCUT2D eigenvalue weighted by Crippen LogP contribution is -2.57. The molecule has 28 heteroatoms. The second-order valence-corrected chi connectivity index (χ2v) is 29.8. The van der Waals surface area contributed by atoms with Crippen molar-refractivity contribution in [3.05, 3.63) is 234 Å². The van der Waals surface area contributed by atoms with Gasteiger partial charge < -0.3 is 121 Å². The molecule has 0 aliphatic carbocycles. The van der Waals surface area contributed by atoms with E-state index in [0.29, 0.717) is 23.0 Å². The normalized spacial score (nSPS) is 31.0. The molecule has 0 spiro atoms. The molecular weight excluding hydrogens is 1370 g/mol. The van der Waals surface area contributed by atoms with Crippen molar-refractivity contribution in [1.82, 2.24) is 19.9 Å². The molecule has 20 N–H and O–H groups in total. The average molecular weight is 1450 g/mol. The molecule has 13 rings (SSSR count). The third-order valence-corrected chi connectivity index (χ3v) is 23.8. The zero-order valence-corrected chi connectivity index (χ0v) is 56.7. The highest BCUT2D eigenvalue weighted by Gasteiger charge is 2.47. The standard InChI is InChI=1S/C72H80N4O20S4/c77-25-49-57(81)61(85)65(89)69(93-49)97-29-33-1-9-37(10-2-33)53-41-17-19-43(73-41)54(38-11-3-34(4-12-38)30-98-70-66(90)62(86)58(82)50(26-78)94-70)45-21-23-47(75-45)56(40-15-7-36(8-16-40)32-100-72-68(92)64(88)60(84)52(28-80)96-72)48-24-22-46(76-48)55(44-20-18-42(53)74-44)39-13-5-35(6-14-39)31-99-71-67(91)63(87)59(83)51(27-79)95-71/h1-24,49-52,57-92H,25-32H2. The summed E-state index contributed by atoms with van der Waals surface area (Å²) in [6.07, 6.45) is -21.8. The Labute approximate surface area is 589 Å². The molecule has 20 unspecified atom stereocenters. The molecule has 8 bridgehead atoms. The van der Waals surface area contributed by atoms with Gasteiger partial charge in [-0.1, -0.05) is 97.1 Å². The van der Waals surface area contributed by atoms with E-state index in [4.69, 9.17) is 18.9 Å². The molecule has 5 aliphatic heterocycles. The van der Waals surface area contributed by atoms with Crippen molar-refractivity contribution in [2.45, 2.75) is 142 Å². The molecule has 5 aliphatic rings. The summed E-state index contributed by atoms with van der Waals surface area (Å²) < 4.78 is 23.2. The summed E-state index contributed by atoms with van der Waals surface area (Å²) in [6, 6.07) is 47.7. The van der Waals surface area contributed by atoms with Crippen molar-refractivity contribution in [2.75, 3.05) is 26.4 Å². The number of benzene rings is 4. The van der Waals surface area contributed by atoms with Crippen LogP contribution in [0.1, 0.15) is 67.3 Å². The first-order chi connectivity index (χ1) is 48.3. The number of aromatic nitrogens is 4. The monoisotopic (exact) mass is 1450 g/mol. The van der Waals surface area contributed by atoms with Crippen LogP contribution in [-0.4, -0.2) is 247 Å². The Morgan fingerprint density at radius 2 is 0.440 bits per heavy atom. The summed E-state index contributed by atoms with van der Waals surface area (Å²) in [5.74, 6) is 1.39. The van der Waals surface area contributed by atoms with Crippen LogP contribution in [0.2, 0.25) is 0 Å². The second kappa shape index (κ2) is 31.6. The number of H-pyrrole nitrogens is 4. The molecule has 4 fully saturated rings. The van der Waals surface area contributed by atoms with Gasteiger partial charge in [-0.25, -0.2) is 0 Å². The predicted octanol–water partition coefficient (Wildman–Crippen LogP) is -1.57. The first-order valence-corrected chi connectivity index (χ1v) is 36.9. The van der Waals surface area contributed by atoms with Crippen LogP contribution in [0.25, 0.3) is 22.3 Å². The van der Waals surface area contributed by atoms with E-state index in [0.717, 1.165) is 111 Å². The molecule has 4 aromatic carbocycles. The van der Waals surface area contributed by atoms with Gasteiger partial charge in [0.2, 0.25) is 0 Å². The van der Waals surface area contributed by atoms with Crippen LogP contribution in [-0.2, 0) is 42.0 Å². The molecule has 4 saturated heterocycles. The number of hydrogen-bond acceptors (Lipinski definition) is 24. The highest BCUT2D eigenvalue weighted by atomic mass is 32.2. The Kier molecular flexibility index (Phi) is 22.9. The van der Waals surface area contributed by atoms with Gasteiger partial charge in [0.1, 0.15) is 119 Å². The SMILES string of the molecule is OCC1OC(SCc2ccc(C3=c4ccc([nH]4)=C(c4ccc(CSC5OC(CO)C(O)C(O)C5O)cc4)c4ccc([nH]4)C(c4ccc(CSC5OC(CO)C(O)C(O)C5O)cc4)=c4ccc([nH]4)=C(c4ccc(CSC5OC(CO)C(O)C(O)C5O)cc4)c4ccc3[nH]4)cc2)C(O)C(O)C1O. The van der Waals surface area contributed by atoms with E-state index < -0.39 is 146 Å². The summed E-state index contributed by atoms with van der Waals surface area (Å²) in [5, 5.41) is 170. The Balaban J connectivity index is 0.922. The largest absolute Gasteiger partial charge is 0.394 e. The van der Waals surface area contributed by atoms with E-state index in [2.05, 4.69) is 19.9 Å². The number of rotatable bonds is 20. The smallest absolute Gasteiger partial charge is 0.132 e. The minimum Gasteiger partial charge on any atom is -0.394 e. The van der Waals surface area contributed by atoms with Gasteiger partial charge in [-0.3, -0.25) is 0 Å². The molecule has 4 aromatic heterocycles. The maximum absolute atomic E-state index is 10.9. The molecule has 100 heavy (non-hydrogen) atoms. The maximum atomic E-state index is 10.9. The quantitative estimate of drug-likeness (QED) is 0.0410. The molecular formula is C72H80N4O20S4. The lowest BCUT2D eigenvalue weighted by atomic mass is 10.0. The fourth-order valence-electron chi connectivity index (χ4n) is 13.2. The summed E-state index contributed by atoms with van der Waals surface area (Å²) in [7, 11) is 0. The van der Waals surface area contributed by atoms with Gasteiger partial charge in [0.25, 0.3) is 0 Å². The average Bonchev–Trinajstić information content (AvgIpc) is 1.58. The number of aliphatic hydroxyl groups is 16. The summed E-state index contributed by atoms with van der Waals surface area (Å²) in [5.41, 5.74) is 9.08. The number of thioether (sulfide) groups is 4. The molecule has 0 saturated carbocycles. The number of aliphatic hydroxyl groups excluding tert-OH is 16. The number of ether oxygens (including phenoxy) is 4. The summed E-state index contributed by atoms with van der Waals surface area (Å²) >= 11 is 4.91. The Bertz CT molecular complexity index is 3800. The Morgan fingerprint density at radius 3 is 0.630 bits per heavy atom. The van der Waals surface area contributed by atoms with E-state index in [1.54, 1.807) is 0 Å². The second-order valence-electron chi connectivity index (χ2n) is 25.5. The van der Waals surface area contributed by atoms with Crippen LogP contribution in [0.3, 0.4) is 0 Å². The van der Waals surface area contributed by atoms with Gasteiger partial charge in [-0.15, -0.1) is 47.0 Å². The number of aromatic amines is 4. The van der Waals surface area contributed by atoms with Gasteiger partial charge >= 0.3 is 0 Å².